The quantitative estimate of drug-likeness (QED) is 0.156. The summed E-state index contributed by atoms with van der Waals surface area (Å²) in [5.41, 5.74) is 8.22. The topological polar surface area (TPSA) is 216 Å². The standard InChI is InChI=1S/C43H53Cl2N13O5/c1-25(38-33(23-48-36-21-34(45)53-58(36)38)51-43(63)50-30-20-32(44)39(46)49-22-30)54(2)41(61)27-3-5-28(6-4-27)42(62)57-17-15-55(16-18-57)24-26-10-13-56(14-11-26)35-19-29(9-12-47-35)31-7-8-37(59)52-40(31)60/h9,12,19-23,25-28,31H,3-8,10-11,13-18,24H2,1-2H3,(H2,46,49)(H2,50,51,63)(H,52,59,60)/t25-,27?,28?,31?/m1/s1. The van der Waals surface area contributed by atoms with Crippen molar-refractivity contribution in [2.45, 2.75) is 70.3 Å². The number of nitrogen functional groups attached to an aromatic ring is 1. The fraction of sp³-hybridized carbons (Fsp3) is 0.512. The number of carbonyl (C=O) groups excluding carboxylic acids is 5. The van der Waals surface area contributed by atoms with Gasteiger partial charge in [-0.25, -0.2) is 24.3 Å². The van der Waals surface area contributed by atoms with Crippen LogP contribution in [0.3, 0.4) is 0 Å². The Bertz CT molecular complexity index is 2370. The van der Waals surface area contributed by atoms with E-state index in [1.54, 1.807) is 24.2 Å². The number of piperazine rings is 1. The molecule has 63 heavy (non-hydrogen) atoms. The lowest BCUT2D eigenvalue weighted by Crippen LogP contribution is -2.52. The Morgan fingerprint density at radius 2 is 1.63 bits per heavy atom. The van der Waals surface area contributed by atoms with Gasteiger partial charge in [0.15, 0.2) is 10.8 Å². The molecule has 334 valence electrons. The van der Waals surface area contributed by atoms with E-state index in [4.69, 9.17) is 28.9 Å². The fourth-order valence-electron chi connectivity index (χ4n) is 9.43. The number of imide groups is 1. The molecule has 7 heterocycles. The molecule has 0 aromatic carbocycles. The average molecular weight is 903 g/mol. The average Bonchev–Trinajstić information content (AvgIpc) is 3.67. The Hall–Kier alpha value is -5.59. The van der Waals surface area contributed by atoms with Crippen LogP contribution in [-0.4, -0.2) is 122 Å². The van der Waals surface area contributed by atoms with Gasteiger partial charge in [0.2, 0.25) is 23.6 Å². The summed E-state index contributed by atoms with van der Waals surface area (Å²) in [6, 6.07) is 5.82. The summed E-state index contributed by atoms with van der Waals surface area (Å²) in [6.07, 6.45) is 10.1. The molecule has 4 aromatic rings. The van der Waals surface area contributed by atoms with Crippen molar-refractivity contribution in [1.29, 1.82) is 0 Å². The first kappa shape index (κ1) is 44.0. The minimum atomic E-state index is -0.590. The van der Waals surface area contributed by atoms with Gasteiger partial charge in [-0.3, -0.25) is 29.4 Å². The van der Waals surface area contributed by atoms with Gasteiger partial charge in [-0.05, 0) is 81.5 Å². The highest BCUT2D eigenvalue weighted by Gasteiger charge is 2.37. The summed E-state index contributed by atoms with van der Waals surface area (Å²) in [6.45, 7) is 7.71. The predicted molar refractivity (Wildman–Crippen MR) is 238 cm³/mol. The number of anilines is 4. The number of carbonyl (C=O) groups is 5. The lowest BCUT2D eigenvalue weighted by molar-refractivity contribution is -0.142. The molecule has 4 aliphatic rings. The van der Waals surface area contributed by atoms with Crippen LogP contribution < -0.4 is 26.6 Å². The highest BCUT2D eigenvalue weighted by Crippen LogP contribution is 2.35. The maximum atomic E-state index is 14.0. The van der Waals surface area contributed by atoms with Crippen LogP contribution in [0.25, 0.3) is 5.65 Å². The van der Waals surface area contributed by atoms with Gasteiger partial charge < -0.3 is 31.1 Å². The molecule has 1 saturated carbocycles. The van der Waals surface area contributed by atoms with Gasteiger partial charge >= 0.3 is 6.03 Å². The second kappa shape index (κ2) is 19.0. The molecule has 1 unspecified atom stereocenters. The molecule has 5 N–H and O–H groups in total. The van der Waals surface area contributed by atoms with Gasteiger partial charge in [0, 0.05) is 83.4 Å². The number of halogens is 2. The van der Waals surface area contributed by atoms with Crippen LogP contribution in [-0.2, 0) is 19.2 Å². The van der Waals surface area contributed by atoms with Crippen LogP contribution in [0.1, 0.15) is 81.5 Å². The molecule has 2 atom stereocenters. The van der Waals surface area contributed by atoms with E-state index in [-0.39, 0.29) is 57.4 Å². The van der Waals surface area contributed by atoms with E-state index >= 15 is 0 Å². The van der Waals surface area contributed by atoms with Crippen LogP contribution in [0.15, 0.2) is 42.9 Å². The summed E-state index contributed by atoms with van der Waals surface area (Å²) in [5.74, 6) is 0.563. The molecule has 20 heteroatoms. The number of pyridine rings is 2. The van der Waals surface area contributed by atoms with E-state index in [0.29, 0.717) is 80.2 Å². The minimum Gasteiger partial charge on any atom is -0.382 e. The van der Waals surface area contributed by atoms with E-state index in [1.165, 1.54) is 23.0 Å². The zero-order chi connectivity index (χ0) is 44.4. The second-order valence-corrected chi connectivity index (χ2v) is 17.9. The van der Waals surface area contributed by atoms with Crippen molar-refractivity contribution in [2.75, 3.05) is 74.1 Å². The lowest BCUT2D eigenvalue weighted by Gasteiger charge is -2.40. The Labute approximate surface area is 375 Å². The summed E-state index contributed by atoms with van der Waals surface area (Å²) in [4.78, 5) is 86.4. The van der Waals surface area contributed by atoms with E-state index < -0.39 is 12.1 Å². The number of urea groups is 1. The van der Waals surface area contributed by atoms with E-state index in [2.05, 4.69) is 45.8 Å². The SMILES string of the molecule is C[C@H](c1c(NC(=O)Nc2cnc(N)c(Cl)c2)cnc2cc(Cl)nn12)N(C)C(=O)C1CCC(C(=O)N2CCN(CC3CCN(c4cc(C5CCC(=O)NC5=O)ccn4)CC3)CC2)CC1. The van der Waals surface area contributed by atoms with Crippen molar-refractivity contribution in [1.82, 2.24) is 44.6 Å². The minimum absolute atomic E-state index is 0.0499. The largest absolute Gasteiger partial charge is 0.382 e. The third-order valence-corrected chi connectivity index (χ3v) is 13.7. The van der Waals surface area contributed by atoms with Crippen LogP contribution >= 0.6 is 23.2 Å². The molecule has 1 aliphatic carbocycles. The fourth-order valence-corrected chi connectivity index (χ4v) is 9.77. The highest BCUT2D eigenvalue weighted by molar-refractivity contribution is 6.33. The molecular formula is C43H53Cl2N13O5. The summed E-state index contributed by atoms with van der Waals surface area (Å²) in [5, 5.41) is 12.8. The number of hydrogen-bond donors (Lipinski definition) is 4. The highest BCUT2D eigenvalue weighted by atomic mass is 35.5. The smallest absolute Gasteiger partial charge is 0.323 e. The third-order valence-electron chi connectivity index (χ3n) is 13.2. The van der Waals surface area contributed by atoms with Gasteiger partial charge in [-0.1, -0.05) is 23.2 Å². The van der Waals surface area contributed by atoms with Gasteiger partial charge in [0.05, 0.1) is 46.4 Å². The van der Waals surface area contributed by atoms with Crippen molar-refractivity contribution in [2.24, 2.45) is 17.8 Å². The first-order chi connectivity index (χ1) is 30.3. The van der Waals surface area contributed by atoms with Crippen molar-refractivity contribution in [3.63, 3.8) is 0 Å². The van der Waals surface area contributed by atoms with Crippen molar-refractivity contribution in [3.05, 3.63) is 64.3 Å². The first-order valence-electron chi connectivity index (χ1n) is 21.7. The molecule has 0 spiro atoms. The second-order valence-electron chi connectivity index (χ2n) is 17.1. The number of aromatic nitrogens is 5. The first-order valence-corrected chi connectivity index (χ1v) is 22.4. The molecule has 3 saturated heterocycles. The van der Waals surface area contributed by atoms with E-state index in [1.807, 2.05) is 24.0 Å². The van der Waals surface area contributed by atoms with Crippen LogP contribution in [0.2, 0.25) is 10.2 Å². The van der Waals surface area contributed by atoms with Crippen molar-refractivity contribution in [3.8, 4) is 0 Å². The number of hydrogen-bond acceptors (Lipinski definition) is 12. The lowest BCUT2D eigenvalue weighted by atomic mass is 9.80. The Balaban J connectivity index is 0.794. The Kier molecular flexibility index (Phi) is 13.3. The number of nitrogens with zero attached hydrogens (tertiary/aromatic N) is 9. The van der Waals surface area contributed by atoms with Gasteiger partial charge in [0.1, 0.15) is 11.6 Å². The van der Waals surface area contributed by atoms with Crippen LogP contribution in [0.4, 0.5) is 27.8 Å². The van der Waals surface area contributed by atoms with E-state index in [9.17, 15) is 24.0 Å². The summed E-state index contributed by atoms with van der Waals surface area (Å²) >= 11 is 12.4. The molecule has 4 fully saturated rings. The normalized spacial score (nSPS) is 21.8. The zero-order valence-corrected chi connectivity index (χ0v) is 36.9. The summed E-state index contributed by atoms with van der Waals surface area (Å²) in [7, 11) is 1.73. The number of rotatable bonds is 10. The number of piperidine rings is 2. The van der Waals surface area contributed by atoms with Crippen molar-refractivity contribution >= 4 is 81.5 Å². The Morgan fingerprint density at radius 1 is 0.905 bits per heavy atom. The molecular weight excluding hydrogens is 849 g/mol. The van der Waals surface area contributed by atoms with Gasteiger partial charge in [-0.2, -0.15) is 5.10 Å². The number of nitrogens with two attached hydrogens (primary N) is 1. The third kappa shape index (κ3) is 9.97. The number of nitrogens with one attached hydrogen (secondary N) is 3. The number of amides is 6. The molecule has 0 bridgehead atoms. The maximum absolute atomic E-state index is 14.0. The molecule has 6 amide bonds. The predicted octanol–water partition coefficient (Wildman–Crippen LogP) is 4.96. The van der Waals surface area contributed by atoms with Crippen LogP contribution in [0, 0.1) is 17.8 Å². The molecule has 8 rings (SSSR count). The zero-order valence-electron chi connectivity index (χ0n) is 35.4. The van der Waals surface area contributed by atoms with Crippen molar-refractivity contribution < 1.29 is 24.0 Å². The number of fused-ring (bicyclic) bond motifs is 1. The molecule has 3 aliphatic heterocycles. The Morgan fingerprint density at radius 3 is 2.35 bits per heavy atom. The van der Waals surface area contributed by atoms with Gasteiger partial charge in [0.25, 0.3) is 0 Å². The van der Waals surface area contributed by atoms with Gasteiger partial charge in [-0.15, -0.1) is 0 Å². The van der Waals surface area contributed by atoms with Crippen LogP contribution in [0.5, 0.6) is 0 Å². The molecule has 18 nitrogen and oxygen atoms in total. The maximum Gasteiger partial charge on any atom is 0.323 e. The monoisotopic (exact) mass is 901 g/mol. The summed E-state index contributed by atoms with van der Waals surface area (Å²) < 4.78 is 1.53. The molecule has 0 radical (unpaired) electrons. The molecule has 4 aromatic heterocycles. The van der Waals surface area contributed by atoms with E-state index in [0.717, 1.165) is 56.9 Å².